The van der Waals surface area contributed by atoms with E-state index in [4.69, 9.17) is 0 Å². The first-order valence-corrected chi connectivity index (χ1v) is 2.52. The van der Waals surface area contributed by atoms with Gasteiger partial charge in [-0.1, -0.05) is 31.1 Å². The molecule has 0 saturated heterocycles. The number of rotatable bonds is 2. The molecule has 9 heavy (non-hydrogen) atoms. The number of hydrogen-bond acceptors (Lipinski definition) is 0. The molecule has 0 bridgehead atoms. The minimum absolute atomic E-state index is 0. The van der Waals surface area contributed by atoms with E-state index in [9.17, 15) is 0 Å². The molecule has 1 heterocycles. The molecule has 0 aromatic carbocycles. The Hall–Kier alpha value is -0.513. The van der Waals surface area contributed by atoms with Crippen molar-refractivity contribution in [2.45, 2.75) is 0 Å². The summed E-state index contributed by atoms with van der Waals surface area (Å²) < 4.78 is 1.94. The van der Waals surface area contributed by atoms with Crippen molar-refractivity contribution in [1.82, 2.24) is 4.57 Å². The molecule has 0 unspecified atom stereocenters. The van der Waals surface area contributed by atoms with Gasteiger partial charge in [0, 0.05) is 0 Å². The first-order chi connectivity index (χ1) is 3.93. The van der Waals surface area contributed by atoms with Gasteiger partial charge in [-0.2, -0.15) is 6.58 Å². The molecule has 0 aliphatic rings. The van der Waals surface area contributed by atoms with Gasteiger partial charge in [-0.25, -0.2) is 0 Å². The monoisotopic (exact) mass is 113 g/mol. The summed E-state index contributed by atoms with van der Waals surface area (Å²) in [5, 5.41) is 0. The van der Waals surface area contributed by atoms with Crippen LogP contribution in [0.2, 0.25) is 0 Å². The second-order valence-electron chi connectivity index (χ2n) is 1.52. The normalized spacial score (nSPS) is 7.56. The summed E-state index contributed by atoms with van der Waals surface area (Å²) in [6.45, 7) is 5.45. The van der Waals surface area contributed by atoms with Gasteiger partial charge in [0.1, 0.15) is 0 Å². The zero-order valence-electron chi connectivity index (χ0n) is 5.62. The van der Waals surface area contributed by atoms with Crippen molar-refractivity contribution >= 4 is 0 Å². The fourth-order valence-electron chi connectivity index (χ4n) is 0.569. The minimum atomic E-state index is 0. The number of hydrogen-bond donors (Lipinski definition) is 0. The summed E-state index contributed by atoms with van der Waals surface area (Å²) in [6, 6.07) is 3.94. The van der Waals surface area contributed by atoms with Crippen LogP contribution < -0.4 is 18.9 Å². The van der Waals surface area contributed by atoms with Crippen molar-refractivity contribution in [2.24, 2.45) is 0 Å². The summed E-state index contributed by atoms with van der Waals surface area (Å²) in [6.07, 6.45) is 5.67. The molecule has 0 atom stereocenters. The molecule has 42 valence electrons. The second kappa shape index (κ2) is 4.37. The maximum atomic E-state index is 3.56. The topological polar surface area (TPSA) is 4.93 Å². The molecule has 1 aromatic rings. The SMILES string of the molecule is C=C[CH-]n1cccc1.[Li+]. The molecule has 2 heteroatoms. The van der Waals surface area contributed by atoms with Gasteiger partial charge < -0.3 is 4.57 Å². The Morgan fingerprint density at radius 2 is 1.89 bits per heavy atom. The third kappa shape index (κ3) is 2.50. The number of nitrogens with zero attached hydrogens (tertiary/aromatic N) is 1. The van der Waals surface area contributed by atoms with E-state index < -0.39 is 0 Å². The van der Waals surface area contributed by atoms with Crippen molar-refractivity contribution in [3.8, 4) is 0 Å². The predicted molar refractivity (Wildman–Crippen MR) is 34.3 cm³/mol. The van der Waals surface area contributed by atoms with Gasteiger partial charge in [-0.15, -0.1) is 6.08 Å². The van der Waals surface area contributed by atoms with Crippen LogP contribution in [0.5, 0.6) is 0 Å². The molecule has 0 radical (unpaired) electrons. The second-order valence-corrected chi connectivity index (χ2v) is 1.52. The van der Waals surface area contributed by atoms with Crippen LogP contribution in [0.3, 0.4) is 0 Å². The van der Waals surface area contributed by atoms with E-state index in [1.54, 1.807) is 6.08 Å². The van der Waals surface area contributed by atoms with E-state index in [-0.39, 0.29) is 18.9 Å². The molecule has 0 N–H and O–H groups in total. The van der Waals surface area contributed by atoms with Crippen molar-refractivity contribution in [1.29, 1.82) is 0 Å². The minimum Gasteiger partial charge on any atom is -0.448 e. The number of allylic oxidation sites excluding steroid dienone is 1. The average molecular weight is 113 g/mol. The third-order valence-electron chi connectivity index (χ3n) is 0.905. The fraction of sp³-hybridized carbons (Fsp3) is 0. The molecule has 0 fully saturated rings. The standard InChI is InChI=1S/C7H8N.Li/c1-2-5-8-6-3-4-7-8;/h2-7H,1H2;/q-1;+1. The fourth-order valence-corrected chi connectivity index (χ4v) is 0.569. The summed E-state index contributed by atoms with van der Waals surface area (Å²) >= 11 is 0. The van der Waals surface area contributed by atoms with E-state index in [1.807, 2.05) is 35.6 Å². The summed E-state index contributed by atoms with van der Waals surface area (Å²) in [7, 11) is 0. The Balaban J connectivity index is 0.000000640. The van der Waals surface area contributed by atoms with E-state index in [0.717, 1.165) is 0 Å². The predicted octanol–water partition coefficient (Wildman–Crippen LogP) is -1.31. The Labute approximate surface area is 67.6 Å². The largest absolute Gasteiger partial charge is 1.00 e. The first kappa shape index (κ1) is 8.49. The first-order valence-electron chi connectivity index (χ1n) is 2.52. The van der Waals surface area contributed by atoms with Crippen molar-refractivity contribution in [3.05, 3.63) is 43.7 Å². The Morgan fingerprint density at radius 1 is 1.33 bits per heavy atom. The van der Waals surface area contributed by atoms with E-state index in [1.165, 1.54) is 0 Å². The van der Waals surface area contributed by atoms with Crippen LogP contribution in [0.4, 0.5) is 0 Å². The molecule has 0 amide bonds. The van der Waals surface area contributed by atoms with Crippen LogP contribution in [0, 0.1) is 6.54 Å². The van der Waals surface area contributed by atoms with Crippen LogP contribution in [-0.2, 0) is 0 Å². The Kier molecular flexibility index (Phi) is 4.13. The van der Waals surface area contributed by atoms with Crippen LogP contribution in [0.25, 0.3) is 0 Å². The Morgan fingerprint density at radius 3 is 2.33 bits per heavy atom. The zero-order valence-corrected chi connectivity index (χ0v) is 5.62. The smallest absolute Gasteiger partial charge is 0.448 e. The molecule has 0 spiro atoms. The molecular formula is C7H8LiN. The summed E-state index contributed by atoms with van der Waals surface area (Å²) in [5.41, 5.74) is 0. The maximum absolute atomic E-state index is 3.56. The van der Waals surface area contributed by atoms with E-state index in [2.05, 4.69) is 6.58 Å². The van der Waals surface area contributed by atoms with E-state index >= 15 is 0 Å². The third-order valence-corrected chi connectivity index (χ3v) is 0.905. The van der Waals surface area contributed by atoms with Gasteiger partial charge >= 0.3 is 18.9 Å². The molecule has 0 saturated carbocycles. The van der Waals surface area contributed by atoms with Crippen molar-refractivity contribution < 1.29 is 18.9 Å². The van der Waals surface area contributed by atoms with Crippen LogP contribution >= 0.6 is 0 Å². The van der Waals surface area contributed by atoms with Crippen LogP contribution in [0.1, 0.15) is 0 Å². The van der Waals surface area contributed by atoms with Crippen molar-refractivity contribution in [3.63, 3.8) is 0 Å². The molecule has 0 aliphatic carbocycles. The van der Waals surface area contributed by atoms with Gasteiger partial charge in [0.05, 0.1) is 0 Å². The molecule has 0 aliphatic heterocycles. The molecule has 1 aromatic heterocycles. The van der Waals surface area contributed by atoms with Gasteiger partial charge in [0.2, 0.25) is 0 Å². The molecular weight excluding hydrogens is 105 g/mol. The maximum Gasteiger partial charge on any atom is 1.00 e. The Bertz CT molecular complexity index is 155. The van der Waals surface area contributed by atoms with E-state index in [0.29, 0.717) is 0 Å². The molecule has 1 nitrogen and oxygen atoms in total. The van der Waals surface area contributed by atoms with Crippen LogP contribution in [-0.4, -0.2) is 4.57 Å². The van der Waals surface area contributed by atoms with Gasteiger partial charge in [0.15, 0.2) is 0 Å². The summed E-state index contributed by atoms with van der Waals surface area (Å²) in [5.74, 6) is 0. The summed E-state index contributed by atoms with van der Waals surface area (Å²) in [4.78, 5) is 0. The average Bonchev–Trinajstić information content (AvgIpc) is 2.19. The number of aromatic nitrogens is 1. The van der Waals surface area contributed by atoms with Gasteiger partial charge in [-0.05, 0) is 0 Å². The van der Waals surface area contributed by atoms with Gasteiger partial charge in [-0.3, -0.25) is 0 Å². The van der Waals surface area contributed by atoms with Crippen LogP contribution in [0.15, 0.2) is 37.2 Å². The van der Waals surface area contributed by atoms with Crippen molar-refractivity contribution in [2.75, 3.05) is 0 Å². The van der Waals surface area contributed by atoms with Gasteiger partial charge in [0.25, 0.3) is 0 Å². The quantitative estimate of drug-likeness (QED) is 0.331. The zero-order chi connectivity index (χ0) is 5.82. The molecule has 1 rings (SSSR count).